The first-order chi connectivity index (χ1) is 13.2. The number of hydrogen-bond acceptors (Lipinski definition) is 1. The summed E-state index contributed by atoms with van der Waals surface area (Å²) in [5.41, 5.74) is 0.454. The van der Waals surface area contributed by atoms with Gasteiger partial charge in [-0.05, 0) is 18.4 Å². The Morgan fingerprint density at radius 1 is 0.593 bits per heavy atom. The molecule has 1 N–H and O–H groups in total. The molecule has 0 radical (unpaired) electrons. The first kappa shape index (κ1) is 24.2. The van der Waals surface area contributed by atoms with E-state index in [-0.39, 0.29) is 0 Å². The zero-order valence-electron chi connectivity index (χ0n) is 18.4. The molecule has 0 spiro atoms. The zero-order chi connectivity index (χ0) is 19.6. The molecule has 27 heavy (non-hydrogen) atoms. The van der Waals surface area contributed by atoms with Crippen LogP contribution in [0.1, 0.15) is 129 Å². The van der Waals surface area contributed by atoms with Gasteiger partial charge < -0.3 is 5.11 Å². The van der Waals surface area contributed by atoms with Crippen molar-refractivity contribution in [2.45, 2.75) is 129 Å². The topological polar surface area (TPSA) is 20.2 Å². The third kappa shape index (κ3) is 11.6. The fourth-order valence-electron chi connectivity index (χ4n) is 4.06. The Labute approximate surface area is 170 Å². The number of rotatable bonds is 18. The summed E-state index contributed by atoms with van der Waals surface area (Å²) in [6.07, 6.45) is 22.5. The van der Waals surface area contributed by atoms with Crippen LogP contribution in [0.15, 0.2) is 30.3 Å². The second-order valence-electron chi connectivity index (χ2n) is 8.45. The maximum atomic E-state index is 10.9. The third-order valence-corrected chi connectivity index (χ3v) is 6.09. The van der Waals surface area contributed by atoms with E-state index in [1.807, 2.05) is 18.2 Å². The van der Waals surface area contributed by atoms with Gasteiger partial charge in [-0.3, -0.25) is 0 Å². The normalized spacial score (nSPS) is 13.6. The molecule has 1 aromatic rings. The molecular formula is C26H46O. The number of aliphatic hydroxyl groups is 1. The van der Waals surface area contributed by atoms with Crippen LogP contribution in [0.3, 0.4) is 0 Å². The second kappa shape index (κ2) is 16.2. The maximum Gasteiger partial charge on any atom is 0.0893 e. The van der Waals surface area contributed by atoms with Gasteiger partial charge in [0.25, 0.3) is 0 Å². The highest BCUT2D eigenvalue weighted by atomic mass is 16.3. The summed E-state index contributed by atoms with van der Waals surface area (Å²) >= 11 is 0. The molecule has 1 unspecified atom stereocenters. The molecule has 0 aliphatic heterocycles. The maximum absolute atomic E-state index is 10.9. The van der Waals surface area contributed by atoms with Crippen LogP contribution in [-0.2, 0) is 5.60 Å². The molecule has 0 aliphatic rings. The zero-order valence-corrected chi connectivity index (χ0v) is 18.4. The van der Waals surface area contributed by atoms with Crippen molar-refractivity contribution in [1.82, 2.24) is 0 Å². The smallest absolute Gasteiger partial charge is 0.0893 e. The van der Waals surface area contributed by atoms with Crippen molar-refractivity contribution >= 4 is 0 Å². The Balaban J connectivity index is 1.91. The lowest BCUT2D eigenvalue weighted by Crippen LogP contribution is -2.24. The van der Waals surface area contributed by atoms with Crippen molar-refractivity contribution in [2.75, 3.05) is 0 Å². The van der Waals surface area contributed by atoms with Gasteiger partial charge in [-0.1, -0.05) is 140 Å². The van der Waals surface area contributed by atoms with E-state index in [2.05, 4.69) is 26.0 Å². The van der Waals surface area contributed by atoms with E-state index in [1.165, 1.54) is 89.9 Å². The van der Waals surface area contributed by atoms with Gasteiger partial charge in [0.2, 0.25) is 0 Å². The lowest BCUT2D eigenvalue weighted by atomic mass is 9.86. The molecule has 0 heterocycles. The summed E-state index contributed by atoms with van der Waals surface area (Å²) in [6.45, 7) is 4.38. The molecule has 1 rings (SSSR count). The second-order valence-corrected chi connectivity index (χ2v) is 8.45. The van der Waals surface area contributed by atoms with E-state index in [4.69, 9.17) is 0 Å². The molecule has 1 aromatic carbocycles. The molecule has 0 bridgehead atoms. The van der Waals surface area contributed by atoms with Crippen molar-refractivity contribution in [2.24, 2.45) is 0 Å². The van der Waals surface area contributed by atoms with E-state index < -0.39 is 5.60 Å². The van der Waals surface area contributed by atoms with E-state index in [0.29, 0.717) is 0 Å². The van der Waals surface area contributed by atoms with Crippen molar-refractivity contribution in [3.8, 4) is 0 Å². The molecule has 0 saturated carbocycles. The van der Waals surface area contributed by atoms with Crippen LogP contribution in [0.2, 0.25) is 0 Å². The Morgan fingerprint density at radius 2 is 1.00 bits per heavy atom. The van der Waals surface area contributed by atoms with Crippen LogP contribution in [-0.4, -0.2) is 5.11 Å². The average Bonchev–Trinajstić information content (AvgIpc) is 2.71. The average molecular weight is 375 g/mol. The fraction of sp³-hybridized carbons (Fsp3) is 0.769. The monoisotopic (exact) mass is 374 g/mol. The molecule has 156 valence electrons. The van der Waals surface area contributed by atoms with E-state index in [1.54, 1.807) is 0 Å². The van der Waals surface area contributed by atoms with Gasteiger partial charge >= 0.3 is 0 Å². The standard InChI is InChI=1S/C26H46O/c1-3-5-6-7-8-9-10-11-12-13-14-15-16-17-21-24-26(27,4-2)25-22-19-18-20-23-25/h18-20,22-23,27H,3-17,21,24H2,1-2H3. The third-order valence-electron chi connectivity index (χ3n) is 6.09. The fourth-order valence-corrected chi connectivity index (χ4v) is 4.06. The molecule has 0 fully saturated rings. The molecule has 1 nitrogen and oxygen atoms in total. The minimum atomic E-state index is -0.627. The Hall–Kier alpha value is -0.820. The molecule has 0 saturated heterocycles. The summed E-state index contributed by atoms with van der Waals surface area (Å²) in [7, 11) is 0. The van der Waals surface area contributed by atoms with E-state index in [9.17, 15) is 5.11 Å². The van der Waals surface area contributed by atoms with Gasteiger partial charge in [-0.15, -0.1) is 0 Å². The Kier molecular flexibility index (Phi) is 14.5. The van der Waals surface area contributed by atoms with Gasteiger partial charge in [-0.2, -0.15) is 0 Å². The predicted molar refractivity (Wildman–Crippen MR) is 120 cm³/mol. The summed E-state index contributed by atoms with van der Waals surface area (Å²) < 4.78 is 0. The Morgan fingerprint density at radius 3 is 1.41 bits per heavy atom. The first-order valence-electron chi connectivity index (χ1n) is 12.0. The minimum absolute atomic E-state index is 0.627. The van der Waals surface area contributed by atoms with Gasteiger partial charge in [0.1, 0.15) is 0 Å². The quantitative estimate of drug-likeness (QED) is 0.255. The molecule has 1 atom stereocenters. The van der Waals surface area contributed by atoms with Crippen LogP contribution in [0.25, 0.3) is 0 Å². The summed E-state index contributed by atoms with van der Waals surface area (Å²) in [4.78, 5) is 0. The van der Waals surface area contributed by atoms with Gasteiger partial charge in [0.05, 0.1) is 5.60 Å². The van der Waals surface area contributed by atoms with Crippen molar-refractivity contribution < 1.29 is 5.11 Å². The molecule has 1 heteroatoms. The van der Waals surface area contributed by atoms with Gasteiger partial charge in [0, 0.05) is 0 Å². The minimum Gasteiger partial charge on any atom is -0.385 e. The molecule has 0 aromatic heterocycles. The van der Waals surface area contributed by atoms with Crippen molar-refractivity contribution in [3.05, 3.63) is 35.9 Å². The van der Waals surface area contributed by atoms with E-state index >= 15 is 0 Å². The van der Waals surface area contributed by atoms with Crippen molar-refractivity contribution in [1.29, 1.82) is 0 Å². The number of hydrogen-bond donors (Lipinski definition) is 1. The first-order valence-corrected chi connectivity index (χ1v) is 12.0. The number of unbranched alkanes of at least 4 members (excludes halogenated alkanes) is 14. The van der Waals surface area contributed by atoms with E-state index in [0.717, 1.165) is 24.8 Å². The van der Waals surface area contributed by atoms with Gasteiger partial charge in [-0.25, -0.2) is 0 Å². The van der Waals surface area contributed by atoms with Gasteiger partial charge in [0.15, 0.2) is 0 Å². The Bertz CT molecular complexity index is 427. The van der Waals surface area contributed by atoms with Crippen LogP contribution >= 0.6 is 0 Å². The van der Waals surface area contributed by atoms with Crippen LogP contribution < -0.4 is 0 Å². The van der Waals surface area contributed by atoms with Crippen LogP contribution in [0, 0.1) is 0 Å². The van der Waals surface area contributed by atoms with Crippen LogP contribution in [0.5, 0.6) is 0 Å². The summed E-state index contributed by atoms with van der Waals surface area (Å²) in [5, 5.41) is 10.9. The SMILES string of the molecule is CCCCCCCCCCCCCCCCCC(O)(CC)c1ccccc1. The highest BCUT2D eigenvalue weighted by Crippen LogP contribution is 2.30. The molecule has 0 aliphatic carbocycles. The predicted octanol–water partition coefficient (Wildman–Crippen LogP) is 8.55. The molecular weight excluding hydrogens is 328 g/mol. The molecule has 0 amide bonds. The lowest BCUT2D eigenvalue weighted by molar-refractivity contribution is 0.0207. The largest absolute Gasteiger partial charge is 0.385 e. The lowest BCUT2D eigenvalue weighted by Gasteiger charge is -2.27. The highest BCUT2D eigenvalue weighted by Gasteiger charge is 2.25. The van der Waals surface area contributed by atoms with Crippen molar-refractivity contribution in [3.63, 3.8) is 0 Å². The summed E-state index contributed by atoms with van der Waals surface area (Å²) in [6, 6.07) is 10.2. The number of benzene rings is 1. The van der Waals surface area contributed by atoms with Crippen LogP contribution in [0.4, 0.5) is 0 Å². The highest BCUT2D eigenvalue weighted by molar-refractivity contribution is 5.21. The summed E-state index contributed by atoms with van der Waals surface area (Å²) in [5.74, 6) is 0.